The van der Waals surface area contributed by atoms with E-state index in [2.05, 4.69) is 81.1 Å². The smallest absolute Gasteiger partial charge is 0.191 e. The Kier molecular flexibility index (Phi) is 5.63. The van der Waals surface area contributed by atoms with Crippen LogP contribution in [0.2, 0.25) is 0 Å². The molecule has 3 rings (SSSR count). The van der Waals surface area contributed by atoms with Gasteiger partial charge in [-0.3, -0.25) is 10.1 Å². The van der Waals surface area contributed by atoms with Crippen LogP contribution in [-0.2, 0) is 6.54 Å². The number of aryl methyl sites for hydroxylation is 1. The second-order valence-electron chi connectivity index (χ2n) is 6.18. The number of nitrogens with one attached hydrogen (secondary N) is 3. The minimum absolute atomic E-state index is 0.169. The van der Waals surface area contributed by atoms with Gasteiger partial charge in [-0.25, -0.2) is 4.98 Å². The van der Waals surface area contributed by atoms with Gasteiger partial charge in [0.2, 0.25) is 0 Å². The lowest BCUT2D eigenvalue weighted by Crippen LogP contribution is -2.38. The summed E-state index contributed by atoms with van der Waals surface area (Å²) >= 11 is 0. The molecular formula is C20H24N6. The summed E-state index contributed by atoms with van der Waals surface area (Å²) in [7, 11) is 1.78. The first-order chi connectivity index (χ1) is 12.7. The van der Waals surface area contributed by atoms with Crippen LogP contribution in [0.15, 0.2) is 59.9 Å². The molecule has 0 aliphatic rings. The monoisotopic (exact) mass is 348 g/mol. The van der Waals surface area contributed by atoms with E-state index in [1.807, 2.05) is 12.1 Å². The Labute approximate surface area is 153 Å². The van der Waals surface area contributed by atoms with Gasteiger partial charge < -0.3 is 10.6 Å². The molecule has 1 aromatic heterocycles. The molecule has 6 heteroatoms. The minimum Gasteiger partial charge on any atom is -0.352 e. The number of nitrogens with zero attached hydrogens (tertiary/aromatic N) is 3. The quantitative estimate of drug-likeness (QED) is 0.489. The summed E-state index contributed by atoms with van der Waals surface area (Å²) in [4.78, 5) is 8.53. The van der Waals surface area contributed by atoms with Crippen LogP contribution >= 0.6 is 0 Å². The van der Waals surface area contributed by atoms with Crippen LogP contribution in [0.25, 0.3) is 11.4 Å². The van der Waals surface area contributed by atoms with Crippen LogP contribution in [0.1, 0.15) is 29.7 Å². The number of hydrogen-bond donors (Lipinski definition) is 3. The van der Waals surface area contributed by atoms with Gasteiger partial charge in [-0.15, -0.1) is 0 Å². The standard InChI is InChI=1S/C20H24N6/c1-14-7-4-5-10-18(14)15(2)25-20(21-3)22-12-16-8-6-9-17(11-16)19-23-13-24-26-19/h4-11,13,15H,12H2,1-3H3,(H2,21,22,25)(H,23,24,26). The topological polar surface area (TPSA) is 78.0 Å². The molecule has 1 unspecified atom stereocenters. The number of rotatable bonds is 5. The summed E-state index contributed by atoms with van der Waals surface area (Å²) in [6, 6.07) is 16.7. The highest BCUT2D eigenvalue weighted by molar-refractivity contribution is 5.80. The highest BCUT2D eigenvalue weighted by Crippen LogP contribution is 2.17. The summed E-state index contributed by atoms with van der Waals surface area (Å²) in [5.41, 5.74) is 4.69. The van der Waals surface area contributed by atoms with E-state index in [1.165, 1.54) is 17.5 Å². The Morgan fingerprint density at radius 2 is 2.04 bits per heavy atom. The zero-order valence-electron chi connectivity index (χ0n) is 15.3. The largest absolute Gasteiger partial charge is 0.352 e. The molecule has 0 aliphatic heterocycles. The van der Waals surface area contributed by atoms with Gasteiger partial charge in [0, 0.05) is 19.2 Å². The fraction of sp³-hybridized carbons (Fsp3) is 0.250. The van der Waals surface area contributed by atoms with Crippen molar-refractivity contribution in [2.45, 2.75) is 26.4 Å². The van der Waals surface area contributed by atoms with Crippen LogP contribution in [0, 0.1) is 6.92 Å². The molecule has 3 N–H and O–H groups in total. The van der Waals surface area contributed by atoms with Crippen LogP contribution in [0.3, 0.4) is 0 Å². The maximum absolute atomic E-state index is 4.34. The molecular weight excluding hydrogens is 324 g/mol. The third-order valence-corrected chi connectivity index (χ3v) is 4.31. The van der Waals surface area contributed by atoms with E-state index < -0.39 is 0 Å². The molecule has 0 radical (unpaired) electrons. The molecule has 0 fully saturated rings. The first kappa shape index (κ1) is 17.7. The Balaban J connectivity index is 1.63. The predicted octanol–water partition coefficient (Wildman–Crippen LogP) is 3.21. The van der Waals surface area contributed by atoms with Crippen molar-refractivity contribution in [3.8, 4) is 11.4 Å². The van der Waals surface area contributed by atoms with Gasteiger partial charge in [-0.05, 0) is 36.6 Å². The molecule has 2 aromatic carbocycles. The van der Waals surface area contributed by atoms with E-state index in [9.17, 15) is 0 Å². The molecule has 0 saturated carbocycles. The van der Waals surface area contributed by atoms with Crippen LogP contribution < -0.4 is 10.6 Å². The summed E-state index contributed by atoms with van der Waals surface area (Å²) in [6.45, 7) is 4.93. The molecule has 3 aromatic rings. The maximum atomic E-state index is 4.34. The van der Waals surface area contributed by atoms with E-state index in [0.29, 0.717) is 6.54 Å². The molecule has 0 bridgehead atoms. The molecule has 0 saturated heterocycles. The highest BCUT2D eigenvalue weighted by Gasteiger charge is 2.10. The van der Waals surface area contributed by atoms with E-state index >= 15 is 0 Å². The number of hydrogen-bond acceptors (Lipinski definition) is 3. The second kappa shape index (κ2) is 8.29. The molecule has 0 aliphatic carbocycles. The van der Waals surface area contributed by atoms with Crippen LogP contribution in [0.5, 0.6) is 0 Å². The number of guanidine groups is 1. The molecule has 26 heavy (non-hydrogen) atoms. The first-order valence-electron chi connectivity index (χ1n) is 8.64. The van der Waals surface area contributed by atoms with Crippen LogP contribution in [-0.4, -0.2) is 28.2 Å². The highest BCUT2D eigenvalue weighted by atomic mass is 15.2. The number of H-pyrrole nitrogens is 1. The molecule has 6 nitrogen and oxygen atoms in total. The third kappa shape index (κ3) is 4.27. The van der Waals surface area contributed by atoms with E-state index in [0.717, 1.165) is 22.9 Å². The SMILES string of the molecule is CN=C(NCc1cccc(-c2ncn[nH]2)c1)NC(C)c1ccccc1C. The van der Waals surface area contributed by atoms with Crippen molar-refractivity contribution >= 4 is 5.96 Å². The Morgan fingerprint density at radius 1 is 1.19 bits per heavy atom. The fourth-order valence-corrected chi connectivity index (χ4v) is 2.91. The normalized spacial score (nSPS) is 12.7. The maximum Gasteiger partial charge on any atom is 0.191 e. The first-order valence-corrected chi connectivity index (χ1v) is 8.64. The Bertz CT molecular complexity index is 870. The average Bonchev–Trinajstić information content (AvgIpc) is 3.20. The third-order valence-electron chi connectivity index (χ3n) is 4.31. The van der Waals surface area contributed by atoms with Gasteiger partial charge in [0.1, 0.15) is 6.33 Å². The number of benzene rings is 2. The van der Waals surface area contributed by atoms with Crippen LogP contribution in [0.4, 0.5) is 0 Å². The zero-order valence-corrected chi connectivity index (χ0v) is 15.3. The second-order valence-corrected chi connectivity index (χ2v) is 6.18. The molecule has 0 spiro atoms. The van der Waals surface area contributed by atoms with Crippen molar-refractivity contribution in [1.82, 2.24) is 25.8 Å². The Morgan fingerprint density at radius 3 is 2.77 bits per heavy atom. The van der Waals surface area contributed by atoms with E-state index in [4.69, 9.17) is 0 Å². The summed E-state index contributed by atoms with van der Waals surface area (Å²) < 4.78 is 0. The van der Waals surface area contributed by atoms with E-state index in [-0.39, 0.29) is 6.04 Å². The number of aromatic amines is 1. The number of aromatic nitrogens is 3. The van der Waals surface area contributed by atoms with Gasteiger partial charge in [0.25, 0.3) is 0 Å². The van der Waals surface area contributed by atoms with Gasteiger partial charge in [-0.2, -0.15) is 5.10 Å². The zero-order chi connectivity index (χ0) is 18.4. The molecule has 1 atom stereocenters. The van der Waals surface area contributed by atoms with Gasteiger partial charge in [0.05, 0.1) is 6.04 Å². The summed E-state index contributed by atoms with van der Waals surface area (Å²) in [6.07, 6.45) is 1.51. The summed E-state index contributed by atoms with van der Waals surface area (Å²) in [5, 5.41) is 13.6. The lowest BCUT2D eigenvalue weighted by atomic mass is 10.0. The molecule has 134 valence electrons. The predicted molar refractivity (Wildman–Crippen MR) is 105 cm³/mol. The van der Waals surface area contributed by atoms with Crippen molar-refractivity contribution < 1.29 is 0 Å². The lowest BCUT2D eigenvalue weighted by Gasteiger charge is -2.20. The van der Waals surface area contributed by atoms with Crippen molar-refractivity contribution in [1.29, 1.82) is 0 Å². The van der Waals surface area contributed by atoms with Crippen molar-refractivity contribution in [3.05, 3.63) is 71.5 Å². The van der Waals surface area contributed by atoms with Gasteiger partial charge in [0.15, 0.2) is 11.8 Å². The van der Waals surface area contributed by atoms with Crippen molar-refractivity contribution in [2.75, 3.05) is 7.05 Å². The minimum atomic E-state index is 0.169. The number of aliphatic imine (C=N–C) groups is 1. The van der Waals surface area contributed by atoms with Crippen molar-refractivity contribution in [3.63, 3.8) is 0 Å². The Hall–Kier alpha value is -3.15. The lowest BCUT2D eigenvalue weighted by molar-refractivity contribution is 0.681. The fourth-order valence-electron chi connectivity index (χ4n) is 2.91. The van der Waals surface area contributed by atoms with E-state index in [1.54, 1.807) is 7.05 Å². The summed E-state index contributed by atoms with van der Waals surface area (Å²) in [5.74, 6) is 1.54. The van der Waals surface area contributed by atoms with Gasteiger partial charge in [-0.1, -0.05) is 42.5 Å². The average molecular weight is 348 g/mol. The van der Waals surface area contributed by atoms with Crippen molar-refractivity contribution in [2.24, 2.45) is 4.99 Å². The molecule has 0 amide bonds. The van der Waals surface area contributed by atoms with Gasteiger partial charge >= 0.3 is 0 Å². The molecule has 1 heterocycles.